The van der Waals surface area contributed by atoms with Crippen molar-refractivity contribution >= 4 is 20.9 Å². The molecule has 3 atom stereocenters. The highest BCUT2D eigenvalue weighted by Gasteiger charge is 2.32. The number of ketones is 1. The van der Waals surface area contributed by atoms with Crippen LogP contribution in [-0.2, 0) is 23.9 Å². The summed E-state index contributed by atoms with van der Waals surface area (Å²) in [5.74, 6) is -1.64. The van der Waals surface area contributed by atoms with E-state index < -0.39 is 18.2 Å². The molecule has 0 heterocycles. The first-order valence-electron chi connectivity index (χ1n) is 8.42. The van der Waals surface area contributed by atoms with Crippen LogP contribution in [0.3, 0.4) is 0 Å². The molecule has 0 aliphatic rings. The monoisotopic (exact) mass is 385 g/mol. The number of hydrogen-bond donors (Lipinski definition) is 0. The van der Waals surface area contributed by atoms with Crippen LogP contribution in [0.4, 0.5) is 0 Å². The van der Waals surface area contributed by atoms with Crippen LogP contribution in [0.5, 0.6) is 0 Å². The first-order chi connectivity index (χ1) is 12.2. The Hall–Kier alpha value is -1.62. The van der Waals surface area contributed by atoms with Crippen LogP contribution in [0.15, 0.2) is 12.1 Å². The van der Waals surface area contributed by atoms with Crippen molar-refractivity contribution in [3.63, 3.8) is 0 Å². The van der Waals surface area contributed by atoms with E-state index in [1.54, 1.807) is 6.92 Å². The highest BCUT2D eigenvalue weighted by molar-refractivity contribution is 7.00. The molecule has 7 heteroatoms. The zero-order chi connectivity index (χ0) is 20.4. The van der Waals surface area contributed by atoms with E-state index in [4.69, 9.17) is 19.1 Å². The molecular formula is C19H30O6P+. The first kappa shape index (κ1) is 24.4. The van der Waals surface area contributed by atoms with Crippen LogP contribution in [0.2, 0.25) is 0 Å². The summed E-state index contributed by atoms with van der Waals surface area (Å²) in [4.78, 5) is 35.1. The van der Waals surface area contributed by atoms with E-state index in [9.17, 15) is 9.59 Å². The molecule has 3 unspecified atom stereocenters. The van der Waals surface area contributed by atoms with E-state index in [-0.39, 0.29) is 11.7 Å². The SMILES string of the molecule is COC(C)OOC(=O)C(CC(C)C)C(=O)c1c(C)cc(C)cc1C.O=[PH2+]. The van der Waals surface area contributed by atoms with Gasteiger partial charge in [0.2, 0.25) is 0 Å². The summed E-state index contributed by atoms with van der Waals surface area (Å²) >= 11 is 0. The average molecular weight is 385 g/mol. The van der Waals surface area contributed by atoms with Gasteiger partial charge in [0.25, 0.3) is 0 Å². The summed E-state index contributed by atoms with van der Waals surface area (Å²) in [7, 11) is 2.61. The molecule has 0 amide bonds. The van der Waals surface area contributed by atoms with Gasteiger partial charge in [0.15, 0.2) is 12.1 Å². The molecule has 6 nitrogen and oxygen atoms in total. The molecule has 26 heavy (non-hydrogen) atoms. The van der Waals surface area contributed by atoms with Crippen molar-refractivity contribution in [2.45, 2.75) is 54.3 Å². The highest BCUT2D eigenvalue weighted by atomic mass is 31.0. The number of methoxy groups -OCH3 is 1. The third-order valence-corrected chi connectivity index (χ3v) is 3.83. The summed E-state index contributed by atoms with van der Waals surface area (Å²) in [5, 5.41) is 0. The minimum atomic E-state index is -0.894. The fourth-order valence-electron chi connectivity index (χ4n) is 2.74. The second kappa shape index (κ2) is 11.9. The smallest absolute Gasteiger partial charge is 0.352 e. The fraction of sp³-hybridized carbons (Fsp3) is 0.579. The normalized spacial score (nSPS) is 12.8. The van der Waals surface area contributed by atoms with Crippen LogP contribution >= 0.6 is 9.12 Å². The molecule has 0 aromatic heterocycles. The van der Waals surface area contributed by atoms with E-state index in [1.807, 2.05) is 46.8 Å². The Morgan fingerprint density at radius 2 is 1.54 bits per heavy atom. The van der Waals surface area contributed by atoms with Gasteiger partial charge in [-0.2, -0.15) is 4.89 Å². The molecule has 0 saturated carbocycles. The Morgan fingerprint density at radius 1 is 1.04 bits per heavy atom. The Balaban J connectivity index is 0.00000301. The largest absolute Gasteiger partial charge is 0.353 e. The quantitative estimate of drug-likeness (QED) is 0.167. The molecule has 0 saturated heterocycles. The lowest BCUT2D eigenvalue weighted by molar-refractivity contribution is -0.343. The Labute approximate surface area is 157 Å². The molecule has 0 bridgehead atoms. The zero-order valence-electron chi connectivity index (χ0n) is 16.6. The highest BCUT2D eigenvalue weighted by Crippen LogP contribution is 2.25. The minimum absolute atomic E-state index is 0.164. The Bertz CT molecular complexity index is 591. The van der Waals surface area contributed by atoms with Crippen molar-refractivity contribution in [3.8, 4) is 0 Å². The Kier molecular flexibility index (Phi) is 11.2. The van der Waals surface area contributed by atoms with Crippen molar-refractivity contribution in [2.75, 3.05) is 7.11 Å². The average Bonchev–Trinajstić information content (AvgIpc) is 2.57. The molecule has 0 spiro atoms. The topological polar surface area (TPSA) is 78.9 Å². The number of carbonyl (C=O) groups is 2. The number of hydrogen-bond acceptors (Lipinski definition) is 6. The molecule has 1 aromatic rings. The molecule has 146 valence electrons. The first-order valence-corrected chi connectivity index (χ1v) is 8.90. The number of ether oxygens (including phenoxy) is 1. The van der Waals surface area contributed by atoms with Crippen LogP contribution in [0, 0.1) is 32.6 Å². The van der Waals surface area contributed by atoms with E-state index in [0.29, 0.717) is 12.0 Å². The van der Waals surface area contributed by atoms with Gasteiger partial charge in [-0.25, -0.2) is 4.79 Å². The van der Waals surface area contributed by atoms with E-state index in [2.05, 4.69) is 0 Å². The van der Waals surface area contributed by atoms with Crippen LogP contribution in [0.1, 0.15) is 54.2 Å². The molecule has 1 rings (SSSR count). The summed E-state index contributed by atoms with van der Waals surface area (Å²) in [6.45, 7) is 11.3. The third-order valence-electron chi connectivity index (χ3n) is 3.83. The van der Waals surface area contributed by atoms with Gasteiger partial charge in [0, 0.05) is 12.7 Å². The van der Waals surface area contributed by atoms with Gasteiger partial charge in [-0.3, -0.25) is 9.68 Å². The van der Waals surface area contributed by atoms with Gasteiger partial charge in [-0.1, -0.05) is 36.1 Å². The van der Waals surface area contributed by atoms with Crippen molar-refractivity contribution in [3.05, 3.63) is 34.4 Å². The van der Waals surface area contributed by atoms with E-state index >= 15 is 0 Å². The van der Waals surface area contributed by atoms with Gasteiger partial charge in [0.1, 0.15) is 5.92 Å². The molecule has 0 aliphatic carbocycles. The summed E-state index contributed by atoms with van der Waals surface area (Å²) in [5.41, 5.74) is 3.40. The molecule has 0 fully saturated rings. The predicted molar refractivity (Wildman–Crippen MR) is 102 cm³/mol. The van der Waals surface area contributed by atoms with Gasteiger partial charge in [0.05, 0.1) is 0 Å². The minimum Gasteiger partial charge on any atom is -0.352 e. The van der Waals surface area contributed by atoms with Crippen LogP contribution in [0.25, 0.3) is 0 Å². The fourth-order valence-corrected chi connectivity index (χ4v) is 2.74. The number of Topliss-reactive ketones (excluding diaryl/α,β-unsaturated/α-hetero) is 1. The van der Waals surface area contributed by atoms with Gasteiger partial charge < -0.3 is 4.74 Å². The zero-order valence-corrected chi connectivity index (χ0v) is 17.8. The second-order valence-electron chi connectivity index (χ2n) is 6.62. The third kappa shape index (κ3) is 7.32. The lowest BCUT2D eigenvalue weighted by Crippen LogP contribution is -2.30. The maximum Gasteiger partial charge on any atom is 0.353 e. The number of benzene rings is 1. The van der Waals surface area contributed by atoms with Crippen LogP contribution < -0.4 is 0 Å². The maximum atomic E-state index is 13.0. The molecule has 1 aromatic carbocycles. The summed E-state index contributed by atoms with van der Waals surface area (Å²) in [6.07, 6.45) is -0.290. The van der Waals surface area contributed by atoms with Crippen molar-refractivity contribution < 1.29 is 28.7 Å². The van der Waals surface area contributed by atoms with Crippen molar-refractivity contribution in [1.82, 2.24) is 0 Å². The molecule has 0 N–H and O–H groups in total. The molecular weight excluding hydrogens is 355 g/mol. The molecule has 0 aliphatic heterocycles. The maximum absolute atomic E-state index is 13.0. The van der Waals surface area contributed by atoms with Gasteiger partial charge >= 0.3 is 15.1 Å². The lowest BCUT2D eigenvalue weighted by Gasteiger charge is -2.19. The van der Waals surface area contributed by atoms with Crippen LogP contribution in [-0.4, -0.2) is 25.2 Å². The second-order valence-corrected chi connectivity index (χ2v) is 6.62. The van der Waals surface area contributed by atoms with Gasteiger partial charge in [-0.05, 0) is 51.2 Å². The summed E-state index contributed by atoms with van der Waals surface area (Å²) in [6, 6.07) is 3.89. The van der Waals surface area contributed by atoms with Crippen molar-refractivity contribution in [1.29, 1.82) is 0 Å². The molecule has 0 radical (unpaired) electrons. The van der Waals surface area contributed by atoms with E-state index in [1.165, 1.54) is 16.2 Å². The van der Waals surface area contributed by atoms with Gasteiger partial charge in [-0.15, -0.1) is 0 Å². The number of carbonyl (C=O) groups excluding carboxylic acids is 2. The van der Waals surface area contributed by atoms with Crippen molar-refractivity contribution in [2.24, 2.45) is 11.8 Å². The standard InChI is InChI=1S/C19H28O5.H2OP/c1-11(2)8-16(19(21)24-23-15(6)22-7)18(20)17-13(4)9-12(3)10-14(17)5;1-2/h9-11,15-16H,8H2,1-7H3;2H2/q;+1. The number of aryl methyl sites for hydroxylation is 3. The predicted octanol–water partition coefficient (Wildman–Crippen LogP) is 4.13. The summed E-state index contributed by atoms with van der Waals surface area (Å²) < 4.78 is 13.0. The Morgan fingerprint density at radius 3 is 1.96 bits per heavy atom. The number of rotatable bonds is 8. The lowest BCUT2D eigenvalue weighted by atomic mass is 9.86. The van der Waals surface area contributed by atoms with E-state index in [0.717, 1.165) is 16.7 Å².